The molecular formula is C12H15BrFNO2. The second kappa shape index (κ2) is 6.71. The SMILES string of the molecule is CCOCCN(C)C(=O)c1ccc(Br)c(F)c1. The van der Waals surface area contributed by atoms with Crippen molar-refractivity contribution in [3.8, 4) is 0 Å². The molecule has 1 amide bonds. The third kappa shape index (κ3) is 4.09. The molecule has 0 aliphatic carbocycles. The Bertz CT molecular complexity index is 398. The largest absolute Gasteiger partial charge is 0.380 e. The number of likely N-dealkylation sites (N-methyl/N-ethyl adjacent to an activating group) is 1. The van der Waals surface area contributed by atoms with Gasteiger partial charge in [-0.15, -0.1) is 0 Å². The number of nitrogens with zero attached hydrogens (tertiary/aromatic N) is 1. The summed E-state index contributed by atoms with van der Waals surface area (Å²) in [6.07, 6.45) is 0. The van der Waals surface area contributed by atoms with E-state index in [9.17, 15) is 9.18 Å². The van der Waals surface area contributed by atoms with Crippen molar-refractivity contribution < 1.29 is 13.9 Å². The number of hydrogen-bond acceptors (Lipinski definition) is 2. The third-order valence-corrected chi connectivity index (χ3v) is 2.93. The number of ether oxygens (including phenoxy) is 1. The number of benzene rings is 1. The molecule has 0 aliphatic heterocycles. The fourth-order valence-corrected chi connectivity index (χ4v) is 1.54. The van der Waals surface area contributed by atoms with Crippen LogP contribution in [0.3, 0.4) is 0 Å². The summed E-state index contributed by atoms with van der Waals surface area (Å²) in [5, 5.41) is 0. The maximum Gasteiger partial charge on any atom is 0.253 e. The lowest BCUT2D eigenvalue weighted by atomic mass is 10.2. The van der Waals surface area contributed by atoms with E-state index in [4.69, 9.17) is 4.74 Å². The first-order valence-corrected chi connectivity index (χ1v) is 6.13. The Hall–Kier alpha value is -0.940. The zero-order chi connectivity index (χ0) is 12.8. The lowest BCUT2D eigenvalue weighted by Gasteiger charge is -2.17. The maximum absolute atomic E-state index is 13.3. The minimum Gasteiger partial charge on any atom is -0.380 e. The van der Waals surface area contributed by atoms with Crippen LogP contribution in [0, 0.1) is 5.82 Å². The highest BCUT2D eigenvalue weighted by Gasteiger charge is 2.13. The molecule has 1 aromatic rings. The van der Waals surface area contributed by atoms with Crippen molar-refractivity contribution in [1.29, 1.82) is 0 Å². The Morgan fingerprint density at radius 3 is 2.82 bits per heavy atom. The van der Waals surface area contributed by atoms with Crippen LogP contribution in [0.1, 0.15) is 17.3 Å². The van der Waals surface area contributed by atoms with Gasteiger partial charge in [-0.1, -0.05) is 0 Å². The highest BCUT2D eigenvalue weighted by atomic mass is 79.9. The van der Waals surface area contributed by atoms with E-state index >= 15 is 0 Å². The lowest BCUT2D eigenvalue weighted by molar-refractivity contribution is 0.0709. The molecule has 0 spiro atoms. The van der Waals surface area contributed by atoms with E-state index in [2.05, 4.69) is 15.9 Å². The van der Waals surface area contributed by atoms with Crippen LogP contribution >= 0.6 is 15.9 Å². The Morgan fingerprint density at radius 2 is 2.24 bits per heavy atom. The van der Waals surface area contributed by atoms with E-state index in [1.165, 1.54) is 17.0 Å². The summed E-state index contributed by atoms with van der Waals surface area (Å²) in [5.74, 6) is -0.648. The average Bonchev–Trinajstić information content (AvgIpc) is 2.32. The highest BCUT2D eigenvalue weighted by Crippen LogP contribution is 2.17. The monoisotopic (exact) mass is 303 g/mol. The third-order valence-electron chi connectivity index (χ3n) is 2.29. The molecule has 5 heteroatoms. The van der Waals surface area contributed by atoms with Gasteiger partial charge >= 0.3 is 0 Å². The molecule has 94 valence electrons. The van der Waals surface area contributed by atoms with Gasteiger partial charge in [-0.2, -0.15) is 0 Å². The van der Waals surface area contributed by atoms with Gasteiger partial charge in [0.15, 0.2) is 0 Å². The molecule has 0 saturated carbocycles. The summed E-state index contributed by atoms with van der Waals surface area (Å²) in [6.45, 7) is 3.49. The number of carbonyl (C=O) groups is 1. The van der Waals surface area contributed by atoms with Gasteiger partial charge in [-0.3, -0.25) is 4.79 Å². The van der Waals surface area contributed by atoms with Crippen LogP contribution in [0.2, 0.25) is 0 Å². The van der Waals surface area contributed by atoms with Gasteiger partial charge in [0.25, 0.3) is 5.91 Å². The molecule has 0 aromatic heterocycles. The number of hydrogen-bond donors (Lipinski definition) is 0. The molecule has 0 fully saturated rings. The predicted molar refractivity (Wildman–Crippen MR) is 67.6 cm³/mol. The zero-order valence-electron chi connectivity index (χ0n) is 9.87. The maximum atomic E-state index is 13.3. The molecular weight excluding hydrogens is 289 g/mol. The second-order valence-electron chi connectivity index (χ2n) is 3.55. The summed E-state index contributed by atoms with van der Waals surface area (Å²) >= 11 is 3.05. The second-order valence-corrected chi connectivity index (χ2v) is 4.41. The standard InChI is InChI=1S/C12H15BrFNO2/c1-3-17-7-6-15(2)12(16)9-4-5-10(13)11(14)8-9/h4-5,8H,3,6-7H2,1-2H3. The normalized spacial score (nSPS) is 10.4. The van der Waals surface area contributed by atoms with Crippen molar-refractivity contribution in [3.05, 3.63) is 34.1 Å². The molecule has 1 rings (SSSR count). The number of amides is 1. The first-order chi connectivity index (χ1) is 8.06. The Labute approximate surface area is 109 Å². The lowest BCUT2D eigenvalue weighted by Crippen LogP contribution is -2.30. The molecule has 0 aliphatic rings. The molecule has 0 radical (unpaired) electrons. The van der Waals surface area contributed by atoms with Crippen molar-refractivity contribution in [2.45, 2.75) is 6.92 Å². The van der Waals surface area contributed by atoms with E-state index in [0.29, 0.717) is 29.8 Å². The van der Waals surface area contributed by atoms with Crippen LogP contribution in [0.4, 0.5) is 4.39 Å². The van der Waals surface area contributed by atoms with Gasteiger partial charge in [0, 0.05) is 25.8 Å². The summed E-state index contributed by atoms with van der Waals surface area (Å²) in [4.78, 5) is 13.4. The molecule has 0 N–H and O–H groups in total. The van der Waals surface area contributed by atoms with Crippen LogP contribution in [0.25, 0.3) is 0 Å². The number of rotatable bonds is 5. The fourth-order valence-electron chi connectivity index (χ4n) is 1.30. The van der Waals surface area contributed by atoms with E-state index < -0.39 is 5.82 Å². The first-order valence-electron chi connectivity index (χ1n) is 5.34. The van der Waals surface area contributed by atoms with Crippen molar-refractivity contribution in [2.75, 3.05) is 26.8 Å². The van der Waals surface area contributed by atoms with E-state index in [1.807, 2.05) is 6.92 Å². The van der Waals surface area contributed by atoms with Crippen molar-refractivity contribution >= 4 is 21.8 Å². The molecule has 0 unspecified atom stereocenters. The summed E-state index contributed by atoms with van der Waals surface area (Å²) in [7, 11) is 1.67. The molecule has 17 heavy (non-hydrogen) atoms. The molecule has 0 saturated heterocycles. The van der Waals surface area contributed by atoms with E-state index in [0.717, 1.165) is 0 Å². The molecule has 0 bridgehead atoms. The van der Waals surface area contributed by atoms with Crippen molar-refractivity contribution in [1.82, 2.24) is 4.90 Å². The van der Waals surface area contributed by atoms with Gasteiger partial charge < -0.3 is 9.64 Å². The van der Waals surface area contributed by atoms with E-state index in [-0.39, 0.29) is 5.91 Å². The van der Waals surface area contributed by atoms with E-state index in [1.54, 1.807) is 13.1 Å². The van der Waals surface area contributed by atoms with Crippen LogP contribution in [-0.2, 0) is 4.74 Å². The number of halogens is 2. The van der Waals surface area contributed by atoms with Gasteiger partial charge in [-0.25, -0.2) is 4.39 Å². The summed E-state index contributed by atoms with van der Waals surface area (Å²) in [6, 6.07) is 4.34. The summed E-state index contributed by atoms with van der Waals surface area (Å²) < 4.78 is 18.8. The van der Waals surface area contributed by atoms with Crippen LogP contribution in [0.5, 0.6) is 0 Å². The smallest absolute Gasteiger partial charge is 0.253 e. The fraction of sp³-hybridized carbons (Fsp3) is 0.417. The average molecular weight is 304 g/mol. The first kappa shape index (κ1) is 14.1. The minimum absolute atomic E-state index is 0.212. The topological polar surface area (TPSA) is 29.5 Å². The predicted octanol–water partition coefficient (Wildman–Crippen LogP) is 2.70. The van der Waals surface area contributed by atoms with Crippen LogP contribution < -0.4 is 0 Å². The molecule has 0 heterocycles. The highest BCUT2D eigenvalue weighted by molar-refractivity contribution is 9.10. The van der Waals surface area contributed by atoms with Crippen LogP contribution in [-0.4, -0.2) is 37.6 Å². The molecule has 3 nitrogen and oxygen atoms in total. The number of carbonyl (C=O) groups excluding carboxylic acids is 1. The molecule has 0 atom stereocenters. The Morgan fingerprint density at radius 1 is 1.53 bits per heavy atom. The van der Waals surface area contributed by atoms with Gasteiger partial charge in [-0.05, 0) is 41.1 Å². The van der Waals surface area contributed by atoms with Gasteiger partial charge in [0.1, 0.15) is 5.82 Å². The molecule has 1 aromatic carbocycles. The quantitative estimate of drug-likeness (QED) is 0.783. The van der Waals surface area contributed by atoms with Crippen molar-refractivity contribution in [2.24, 2.45) is 0 Å². The zero-order valence-corrected chi connectivity index (χ0v) is 11.5. The Balaban J connectivity index is 2.65. The van der Waals surface area contributed by atoms with Gasteiger partial charge in [0.05, 0.1) is 11.1 Å². The summed E-state index contributed by atoms with van der Waals surface area (Å²) in [5.41, 5.74) is 0.338. The Kier molecular flexibility index (Phi) is 5.58. The minimum atomic E-state index is -0.436. The van der Waals surface area contributed by atoms with Crippen LogP contribution in [0.15, 0.2) is 22.7 Å². The van der Waals surface area contributed by atoms with Gasteiger partial charge in [0.2, 0.25) is 0 Å². The van der Waals surface area contributed by atoms with Crippen molar-refractivity contribution in [3.63, 3.8) is 0 Å².